The number of morpholine rings is 1. The summed E-state index contributed by atoms with van der Waals surface area (Å²) in [6.45, 7) is 6.29. The second kappa shape index (κ2) is 6.82. The van der Waals surface area contributed by atoms with Gasteiger partial charge in [0.05, 0.1) is 13.2 Å². The Kier molecular flexibility index (Phi) is 4.71. The molecule has 0 unspecified atom stereocenters. The van der Waals surface area contributed by atoms with E-state index >= 15 is 0 Å². The van der Waals surface area contributed by atoms with Crippen LogP contribution in [0, 0.1) is 17.8 Å². The molecule has 6 rings (SSSR count). The molecule has 6 aliphatic rings. The maximum atomic E-state index is 14.1. The van der Waals surface area contributed by atoms with Crippen molar-refractivity contribution in [1.82, 2.24) is 4.90 Å². The third-order valence-electron chi connectivity index (χ3n) is 7.41. The topological polar surface area (TPSA) is 49.4 Å². The largest absolute Gasteiger partial charge is 0.456 e. The van der Waals surface area contributed by atoms with Gasteiger partial charge in [-0.2, -0.15) is 13.2 Å². The van der Waals surface area contributed by atoms with Crippen molar-refractivity contribution in [3.05, 3.63) is 11.3 Å². The lowest BCUT2D eigenvalue weighted by molar-refractivity contribution is -0.557. The van der Waals surface area contributed by atoms with Gasteiger partial charge >= 0.3 is 6.18 Å². The molecule has 0 radical (unpaired) electrons. The van der Waals surface area contributed by atoms with Gasteiger partial charge in [-0.15, -0.1) is 0 Å². The van der Waals surface area contributed by atoms with Crippen LogP contribution in [0.15, 0.2) is 11.3 Å². The molecular formula is C20H28F3NO5. The first kappa shape index (κ1) is 20.1. The predicted octanol–water partition coefficient (Wildman–Crippen LogP) is 3.38. The van der Waals surface area contributed by atoms with Crippen molar-refractivity contribution < 1.29 is 37.2 Å². The molecule has 6 nitrogen and oxygen atoms in total. The van der Waals surface area contributed by atoms with Crippen LogP contribution in [0.5, 0.6) is 0 Å². The van der Waals surface area contributed by atoms with Crippen molar-refractivity contribution >= 4 is 0 Å². The summed E-state index contributed by atoms with van der Waals surface area (Å²) in [4.78, 5) is 13.7. The van der Waals surface area contributed by atoms with Gasteiger partial charge in [0, 0.05) is 37.9 Å². The third kappa shape index (κ3) is 3.12. The van der Waals surface area contributed by atoms with E-state index in [1.165, 1.54) is 0 Å². The lowest BCUT2D eigenvalue weighted by atomic mass is 9.59. The van der Waals surface area contributed by atoms with Gasteiger partial charge in [-0.3, -0.25) is 4.90 Å². The molecule has 0 N–H and O–H groups in total. The minimum absolute atomic E-state index is 0.0186. The summed E-state index contributed by atoms with van der Waals surface area (Å²) in [7, 11) is 0. The van der Waals surface area contributed by atoms with Crippen LogP contribution in [0.2, 0.25) is 0 Å². The van der Waals surface area contributed by atoms with Crippen molar-refractivity contribution in [3.63, 3.8) is 0 Å². The maximum Gasteiger partial charge on any atom is 0.449 e. The van der Waals surface area contributed by atoms with Crippen LogP contribution < -0.4 is 0 Å². The van der Waals surface area contributed by atoms with Gasteiger partial charge in [0.2, 0.25) is 17.8 Å². The highest BCUT2D eigenvalue weighted by Gasteiger charge is 2.70. The van der Waals surface area contributed by atoms with Gasteiger partial charge in [0.1, 0.15) is 0 Å². The summed E-state index contributed by atoms with van der Waals surface area (Å²) in [6.07, 6.45) is -2.91. The van der Waals surface area contributed by atoms with E-state index in [4.69, 9.17) is 24.0 Å². The van der Waals surface area contributed by atoms with E-state index in [1.54, 1.807) is 6.92 Å². The number of rotatable bonds is 2. The fourth-order valence-corrected chi connectivity index (χ4v) is 5.92. The highest BCUT2D eigenvalue weighted by atomic mass is 19.4. The lowest BCUT2D eigenvalue weighted by Crippen LogP contribution is -2.67. The molecule has 4 saturated heterocycles. The van der Waals surface area contributed by atoms with E-state index in [0.29, 0.717) is 45.1 Å². The Balaban J connectivity index is 1.60. The van der Waals surface area contributed by atoms with Crippen molar-refractivity contribution in [2.75, 3.05) is 32.8 Å². The minimum atomic E-state index is -4.58. The highest BCUT2D eigenvalue weighted by molar-refractivity contribution is 5.29. The highest BCUT2D eigenvalue weighted by Crippen LogP contribution is 2.61. The van der Waals surface area contributed by atoms with E-state index in [2.05, 4.69) is 6.92 Å². The molecule has 0 amide bonds. The summed E-state index contributed by atoms with van der Waals surface area (Å²) in [5.41, 5.74) is -0.769. The second-order valence-corrected chi connectivity index (χ2v) is 9.21. The molecule has 5 fully saturated rings. The normalized spacial score (nSPS) is 45.6. The average Bonchev–Trinajstić information content (AvgIpc) is 2.90. The average molecular weight is 419 g/mol. The molecule has 9 heteroatoms. The van der Waals surface area contributed by atoms with E-state index < -0.39 is 35.5 Å². The van der Waals surface area contributed by atoms with Gasteiger partial charge < -0.3 is 14.2 Å². The molecule has 1 spiro atoms. The molecule has 29 heavy (non-hydrogen) atoms. The fraction of sp³-hybridized carbons (Fsp3) is 0.900. The second-order valence-electron chi connectivity index (χ2n) is 9.21. The molecule has 5 heterocycles. The Hall–Kier alpha value is -0.870. The number of allylic oxidation sites excluding steroid dienone is 1. The van der Waals surface area contributed by atoms with Crippen LogP contribution in [0.3, 0.4) is 0 Å². The number of nitrogens with zero attached hydrogens (tertiary/aromatic N) is 1. The van der Waals surface area contributed by atoms with Gasteiger partial charge in [-0.1, -0.05) is 6.92 Å². The van der Waals surface area contributed by atoms with Crippen LogP contribution in [-0.4, -0.2) is 61.6 Å². The molecular weight excluding hydrogens is 391 g/mol. The number of hydrogen-bond acceptors (Lipinski definition) is 6. The smallest absolute Gasteiger partial charge is 0.449 e. The van der Waals surface area contributed by atoms with E-state index in [9.17, 15) is 13.2 Å². The number of hydrogen-bond donors (Lipinski definition) is 0. The molecule has 5 aliphatic heterocycles. The quantitative estimate of drug-likeness (QED) is 0.640. The first-order valence-corrected chi connectivity index (χ1v) is 10.5. The zero-order chi connectivity index (χ0) is 20.4. The van der Waals surface area contributed by atoms with Gasteiger partial charge in [-0.05, 0) is 37.7 Å². The van der Waals surface area contributed by atoms with Crippen molar-refractivity contribution in [2.45, 2.75) is 63.4 Å². The standard InChI is InChI=1S/C20H28F3NO5/c1-12-3-4-15-13(11-24-7-9-25-10-8-24)16(20(21,22)23)26-17-19(15)14(12)5-6-18(2,27-17)28-29-19/h12,14-15,17H,3-11H2,1-2H3/t12-,14+,15+,17-,18+,19-/m1/s1. The Labute approximate surface area is 168 Å². The molecule has 0 aromatic rings. The lowest BCUT2D eigenvalue weighted by Gasteiger charge is -2.57. The molecule has 2 bridgehead atoms. The Morgan fingerprint density at radius 2 is 1.86 bits per heavy atom. The summed E-state index contributed by atoms with van der Waals surface area (Å²) in [5.74, 6) is -2.13. The maximum absolute atomic E-state index is 14.1. The predicted molar refractivity (Wildman–Crippen MR) is 94.2 cm³/mol. The Bertz CT molecular complexity index is 694. The number of fused-ring (bicyclic) bond motifs is 2. The van der Waals surface area contributed by atoms with E-state index in [1.807, 2.05) is 4.90 Å². The number of halogens is 3. The molecule has 0 aromatic carbocycles. The van der Waals surface area contributed by atoms with Crippen LogP contribution in [0.4, 0.5) is 13.2 Å². The molecule has 1 aliphatic carbocycles. The molecule has 0 aromatic heterocycles. The molecule has 164 valence electrons. The van der Waals surface area contributed by atoms with Gasteiger partial charge in [-0.25, -0.2) is 9.78 Å². The molecule has 6 atom stereocenters. The number of alkyl halides is 3. The van der Waals surface area contributed by atoms with Gasteiger partial charge in [0.15, 0.2) is 5.60 Å². The van der Waals surface area contributed by atoms with Crippen LogP contribution in [0.25, 0.3) is 0 Å². The monoisotopic (exact) mass is 419 g/mol. The van der Waals surface area contributed by atoms with E-state index in [0.717, 1.165) is 12.8 Å². The Morgan fingerprint density at radius 3 is 2.59 bits per heavy atom. The summed E-state index contributed by atoms with van der Waals surface area (Å²) < 4.78 is 59.3. The zero-order valence-corrected chi connectivity index (χ0v) is 16.8. The van der Waals surface area contributed by atoms with Crippen molar-refractivity contribution in [2.24, 2.45) is 17.8 Å². The minimum Gasteiger partial charge on any atom is -0.456 e. The Morgan fingerprint density at radius 1 is 1.10 bits per heavy atom. The van der Waals surface area contributed by atoms with Crippen LogP contribution in [0.1, 0.15) is 39.5 Å². The van der Waals surface area contributed by atoms with Crippen LogP contribution in [-0.2, 0) is 24.0 Å². The van der Waals surface area contributed by atoms with Crippen LogP contribution >= 0.6 is 0 Å². The van der Waals surface area contributed by atoms with Crippen molar-refractivity contribution in [3.8, 4) is 0 Å². The zero-order valence-electron chi connectivity index (χ0n) is 16.8. The summed E-state index contributed by atoms with van der Waals surface area (Å²) in [6, 6.07) is 0. The summed E-state index contributed by atoms with van der Waals surface area (Å²) >= 11 is 0. The fourth-order valence-electron chi connectivity index (χ4n) is 5.92. The number of ether oxygens (including phenoxy) is 3. The van der Waals surface area contributed by atoms with Gasteiger partial charge in [0.25, 0.3) is 0 Å². The first-order valence-electron chi connectivity index (χ1n) is 10.5. The summed E-state index contributed by atoms with van der Waals surface area (Å²) in [5, 5.41) is 0. The molecule has 1 saturated carbocycles. The van der Waals surface area contributed by atoms with Crippen molar-refractivity contribution in [1.29, 1.82) is 0 Å². The first-order chi connectivity index (χ1) is 13.7. The third-order valence-corrected chi connectivity index (χ3v) is 7.41. The SMILES string of the molecule is C[C@@H]1CC[C@H]2C(CN3CCOCC3)=C(C(F)(F)F)O[C@@H]3O[C@]4(C)CC[C@@H]1[C@]32OO4. The van der Waals surface area contributed by atoms with E-state index in [-0.39, 0.29) is 18.0 Å².